The number of hydrogen-bond donors (Lipinski definition) is 0. The number of para-hydroxylation sites is 1. The van der Waals surface area contributed by atoms with Crippen molar-refractivity contribution in [2.24, 2.45) is 0 Å². The van der Waals surface area contributed by atoms with Gasteiger partial charge >= 0.3 is 0 Å². The van der Waals surface area contributed by atoms with E-state index in [0.717, 1.165) is 5.56 Å². The van der Waals surface area contributed by atoms with E-state index >= 15 is 0 Å². The number of halogens is 2. The quantitative estimate of drug-likeness (QED) is 0.841. The van der Waals surface area contributed by atoms with E-state index in [0.29, 0.717) is 49.7 Å². The van der Waals surface area contributed by atoms with E-state index in [2.05, 4.69) is 0 Å². The van der Waals surface area contributed by atoms with Crippen LogP contribution in [0.25, 0.3) is 0 Å². The molecule has 1 aliphatic heterocycles. The fraction of sp³-hybridized carbons (Fsp3) is 0.316. The molecule has 1 amide bonds. The highest BCUT2D eigenvalue weighted by Crippen LogP contribution is 2.20. The molecule has 0 aliphatic carbocycles. The fourth-order valence-electron chi connectivity index (χ4n) is 2.97. The van der Waals surface area contributed by atoms with E-state index < -0.39 is 0 Å². The van der Waals surface area contributed by atoms with E-state index in [9.17, 15) is 9.18 Å². The highest BCUT2D eigenvalue weighted by Gasteiger charge is 2.22. The highest BCUT2D eigenvalue weighted by atomic mass is 35.5. The van der Waals surface area contributed by atoms with Crippen molar-refractivity contribution in [3.8, 4) is 0 Å². The van der Waals surface area contributed by atoms with Crippen LogP contribution in [0.5, 0.6) is 0 Å². The number of amides is 1. The Kier molecular flexibility index (Phi) is 5.36. The summed E-state index contributed by atoms with van der Waals surface area (Å²) in [5, 5.41) is 0.703. The Labute approximate surface area is 146 Å². The summed E-state index contributed by atoms with van der Waals surface area (Å²) in [4.78, 5) is 16.2. The third-order valence-corrected chi connectivity index (χ3v) is 4.62. The molecule has 3 rings (SSSR count). The number of hydrogen-bond acceptors (Lipinski definition) is 2. The van der Waals surface area contributed by atoms with Crippen LogP contribution in [-0.2, 0) is 11.2 Å². The van der Waals surface area contributed by atoms with Crippen molar-refractivity contribution < 1.29 is 9.18 Å². The SMILES string of the molecule is O=C(CCc1ccc(Cl)cc1)N1CCN(c2ccccc2F)CC1. The molecule has 0 atom stereocenters. The number of nitrogens with zero attached hydrogens (tertiary/aromatic N) is 2. The summed E-state index contributed by atoms with van der Waals surface area (Å²) in [5.41, 5.74) is 1.73. The van der Waals surface area contributed by atoms with Gasteiger partial charge in [-0.15, -0.1) is 0 Å². The first-order valence-electron chi connectivity index (χ1n) is 8.15. The average Bonchev–Trinajstić information content (AvgIpc) is 2.61. The molecule has 0 bridgehead atoms. The van der Waals surface area contributed by atoms with E-state index in [1.807, 2.05) is 40.1 Å². The van der Waals surface area contributed by atoms with E-state index in [1.165, 1.54) is 6.07 Å². The van der Waals surface area contributed by atoms with Crippen molar-refractivity contribution in [2.75, 3.05) is 31.1 Å². The smallest absolute Gasteiger partial charge is 0.223 e. The average molecular weight is 347 g/mol. The second kappa shape index (κ2) is 7.67. The molecule has 0 saturated carbocycles. The van der Waals surface area contributed by atoms with Gasteiger partial charge in [0, 0.05) is 37.6 Å². The van der Waals surface area contributed by atoms with Crippen molar-refractivity contribution in [3.05, 3.63) is 64.9 Å². The molecule has 1 heterocycles. The lowest BCUT2D eigenvalue weighted by atomic mass is 10.1. The molecule has 126 valence electrons. The van der Waals surface area contributed by atoms with Crippen molar-refractivity contribution in [2.45, 2.75) is 12.8 Å². The number of aryl methyl sites for hydroxylation is 1. The maximum Gasteiger partial charge on any atom is 0.223 e. The number of rotatable bonds is 4. The zero-order chi connectivity index (χ0) is 16.9. The zero-order valence-electron chi connectivity index (χ0n) is 13.4. The minimum atomic E-state index is -0.208. The summed E-state index contributed by atoms with van der Waals surface area (Å²) in [7, 11) is 0. The van der Waals surface area contributed by atoms with Crippen LogP contribution < -0.4 is 4.90 Å². The summed E-state index contributed by atoms with van der Waals surface area (Å²) in [6, 6.07) is 14.4. The van der Waals surface area contributed by atoms with Crippen LogP contribution in [-0.4, -0.2) is 37.0 Å². The number of carbonyl (C=O) groups is 1. The van der Waals surface area contributed by atoms with E-state index in [-0.39, 0.29) is 11.7 Å². The van der Waals surface area contributed by atoms with Crippen molar-refractivity contribution in [1.82, 2.24) is 4.90 Å². The molecule has 0 spiro atoms. The van der Waals surface area contributed by atoms with Crippen LogP contribution in [0.2, 0.25) is 5.02 Å². The first-order chi connectivity index (χ1) is 11.6. The van der Waals surface area contributed by atoms with Gasteiger partial charge in [0.2, 0.25) is 5.91 Å². The standard InChI is InChI=1S/C19H20ClFN2O/c20-16-8-5-15(6-9-16)7-10-19(24)23-13-11-22(12-14-23)18-4-2-1-3-17(18)21/h1-6,8-9H,7,10-14H2. The maximum absolute atomic E-state index is 13.8. The van der Waals surface area contributed by atoms with Crippen LogP contribution in [0.15, 0.2) is 48.5 Å². The first kappa shape index (κ1) is 16.8. The Hall–Kier alpha value is -2.07. The van der Waals surface area contributed by atoms with Crippen molar-refractivity contribution >= 4 is 23.2 Å². The summed E-state index contributed by atoms with van der Waals surface area (Å²) < 4.78 is 13.8. The van der Waals surface area contributed by atoms with Crippen molar-refractivity contribution in [1.29, 1.82) is 0 Å². The number of anilines is 1. The van der Waals surface area contributed by atoms with Gasteiger partial charge in [-0.1, -0.05) is 35.9 Å². The zero-order valence-corrected chi connectivity index (χ0v) is 14.2. The predicted molar refractivity (Wildman–Crippen MR) is 95.0 cm³/mol. The monoisotopic (exact) mass is 346 g/mol. The molecule has 2 aromatic rings. The molecule has 2 aromatic carbocycles. The molecule has 1 saturated heterocycles. The van der Waals surface area contributed by atoms with Gasteiger partial charge in [-0.2, -0.15) is 0 Å². The van der Waals surface area contributed by atoms with Crippen LogP contribution in [0, 0.1) is 5.82 Å². The molecule has 24 heavy (non-hydrogen) atoms. The molecule has 1 fully saturated rings. The summed E-state index contributed by atoms with van der Waals surface area (Å²) >= 11 is 5.86. The molecule has 0 unspecified atom stereocenters. The largest absolute Gasteiger partial charge is 0.366 e. The second-order valence-electron chi connectivity index (χ2n) is 5.95. The molecular weight excluding hydrogens is 327 g/mol. The first-order valence-corrected chi connectivity index (χ1v) is 8.53. The minimum absolute atomic E-state index is 0.151. The number of benzene rings is 2. The molecule has 5 heteroatoms. The molecular formula is C19H20ClFN2O. The van der Waals surface area contributed by atoms with Crippen molar-refractivity contribution in [3.63, 3.8) is 0 Å². The van der Waals surface area contributed by atoms with Gasteiger partial charge in [-0.25, -0.2) is 4.39 Å². The number of carbonyl (C=O) groups excluding carboxylic acids is 1. The molecule has 3 nitrogen and oxygen atoms in total. The summed E-state index contributed by atoms with van der Waals surface area (Å²) in [6.07, 6.45) is 1.20. The highest BCUT2D eigenvalue weighted by molar-refractivity contribution is 6.30. The van der Waals surface area contributed by atoms with E-state index in [4.69, 9.17) is 11.6 Å². The molecule has 0 aromatic heterocycles. The topological polar surface area (TPSA) is 23.6 Å². The van der Waals surface area contributed by atoms with Crippen LogP contribution in [0.4, 0.5) is 10.1 Å². The lowest BCUT2D eigenvalue weighted by Gasteiger charge is -2.36. The van der Waals surface area contributed by atoms with Gasteiger partial charge in [0.1, 0.15) is 5.82 Å². The normalized spacial score (nSPS) is 14.8. The van der Waals surface area contributed by atoms with Gasteiger partial charge < -0.3 is 9.80 Å². The Morgan fingerprint density at radius 2 is 1.67 bits per heavy atom. The van der Waals surface area contributed by atoms with Gasteiger partial charge in [0.15, 0.2) is 0 Å². The van der Waals surface area contributed by atoms with Crippen LogP contribution >= 0.6 is 11.6 Å². The lowest BCUT2D eigenvalue weighted by Crippen LogP contribution is -2.49. The second-order valence-corrected chi connectivity index (χ2v) is 6.38. The van der Waals surface area contributed by atoms with Gasteiger partial charge in [-0.05, 0) is 36.2 Å². The van der Waals surface area contributed by atoms with Gasteiger partial charge in [0.25, 0.3) is 0 Å². The maximum atomic E-state index is 13.8. The third-order valence-electron chi connectivity index (χ3n) is 4.37. The molecule has 0 radical (unpaired) electrons. The fourth-order valence-corrected chi connectivity index (χ4v) is 3.09. The van der Waals surface area contributed by atoms with Gasteiger partial charge in [-0.3, -0.25) is 4.79 Å². The van der Waals surface area contributed by atoms with Crippen LogP contribution in [0.1, 0.15) is 12.0 Å². The van der Waals surface area contributed by atoms with Gasteiger partial charge in [0.05, 0.1) is 5.69 Å². The summed E-state index contributed by atoms with van der Waals surface area (Å²) in [6.45, 7) is 2.59. The number of piperazine rings is 1. The molecule has 1 aliphatic rings. The minimum Gasteiger partial charge on any atom is -0.366 e. The Morgan fingerprint density at radius 3 is 2.33 bits per heavy atom. The third kappa shape index (κ3) is 4.06. The lowest BCUT2D eigenvalue weighted by molar-refractivity contribution is -0.131. The van der Waals surface area contributed by atoms with E-state index in [1.54, 1.807) is 12.1 Å². The summed E-state index contributed by atoms with van der Waals surface area (Å²) in [5.74, 6) is -0.0573. The Balaban J connectivity index is 1.50. The van der Waals surface area contributed by atoms with Crippen LogP contribution in [0.3, 0.4) is 0 Å². The Morgan fingerprint density at radius 1 is 1.00 bits per heavy atom. The molecule has 0 N–H and O–H groups in total. The predicted octanol–water partition coefficient (Wildman–Crippen LogP) is 3.76. The Bertz CT molecular complexity index is 697.